The first kappa shape index (κ1) is 17.5. The fourth-order valence-electron chi connectivity index (χ4n) is 3.40. The molecule has 0 bridgehead atoms. The lowest BCUT2D eigenvalue weighted by Crippen LogP contribution is -2.45. The monoisotopic (exact) mass is 344 g/mol. The molecule has 0 aromatic carbocycles. The van der Waals surface area contributed by atoms with Crippen LogP contribution in [0.2, 0.25) is 0 Å². The number of hydrogen-bond acceptors (Lipinski definition) is 4. The third kappa shape index (κ3) is 4.84. The zero-order chi connectivity index (χ0) is 17.5. The summed E-state index contributed by atoms with van der Waals surface area (Å²) in [6.07, 6.45) is 8.78. The van der Waals surface area contributed by atoms with E-state index in [-0.39, 0.29) is 0 Å². The molecule has 7 nitrogen and oxygen atoms in total. The Morgan fingerprint density at radius 2 is 2.36 bits per heavy atom. The number of nitrogens with zero attached hydrogens (tertiary/aromatic N) is 3. The van der Waals surface area contributed by atoms with E-state index in [1.54, 1.807) is 6.26 Å². The zero-order valence-corrected chi connectivity index (χ0v) is 15.1. The molecular weight excluding hydrogens is 316 g/mol. The van der Waals surface area contributed by atoms with Gasteiger partial charge in [-0.05, 0) is 30.9 Å². The molecule has 2 heterocycles. The first-order valence-electron chi connectivity index (χ1n) is 9.20. The average Bonchev–Trinajstić information content (AvgIpc) is 3.32. The van der Waals surface area contributed by atoms with Crippen LogP contribution in [-0.4, -0.2) is 40.8 Å². The van der Waals surface area contributed by atoms with E-state index in [4.69, 9.17) is 4.42 Å². The molecule has 2 unspecified atom stereocenters. The molecule has 3 rings (SSSR count). The molecule has 0 saturated heterocycles. The van der Waals surface area contributed by atoms with Gasteiger partial charge in [0.2, 0.25) is 5.82 Å². The third-order valence-electron chi connectivity index (χ3n) is 4.85. The molecule has 2 atom stereocenters. The summed E-state index contributed by atoms with van der Waals surface area (Å²) in [7, 11) is 1.82. The number of aromatic nitrogens is 3. The van der Waals surface area contributed by atoms with Gasteiger partial charge in [-0.3, -0.25) is 10.1 Å². The van der Waals surface area contributed by atoms with Crippen LogP contribution in [0.4, 0.5) is 0 Å². The molecule has 25 heavy (non-hydrogen) atoms. The quantitative estimate of drug-likeness (QED) is 0.554. The highest BCUT2D eigenvalue weighted by molar-refractivity contribution is 5.79. The number of hydrogen-bond donors (Lipinski definition) is 3. The highest BCUT2D eigenvalue weighted by Gasteiger charge is 2.21. The normalized spacial score (nSPS) is 21.3. The van der Waals surface area contributed by atoms with Crippen molar-refractivity contribution in [2.75, 3.05) is 13.6 Å². The van der Waals surface area contributed by atoms with Gasteiger partial charge in [0.15, 0.2) is 11.7 Å². The Balaban J connectivity index is 1.44. The summed E-state index contributed by atoms with van der Waals surface area (Å²) in [5.74, 6) is 3.81. The van der Waals surface area contributed by atoms with E-state index in [0.717, 1.165) is 30.7 Å². The van der Waals surface area contributed by atoms with E-state index in [2.05, 4.69) is 37.7 Å². The second-order valence-electron chi connectivity index (χ2n) is 6.61. The van der Waals surface area contributed by atoms with Gasteiger partial charge in [0.05, 0.1) is 6.26 Å². The van der Waals surface area contributed by atoms with Gasteiger partial charge < -0.3 is 15.1 Å². The highest BCUT2D eigenvalue weighted by Crippen LogP contribution is 2.26. The average molecular weight is 344 g/mol. The largest absolute Gasteiger partial charge is 0.461 e. The molecular formula is C18H28N6O. The zero-order valence-electron chi connectivity index (χ0n) is 15.1. The lowest BCUT2D eigenvalue weighted by atomic mass is 9.84. The Hall–Kier alpha value is -2.31. The van der Waals surface area contributed by atoms with Crippen molar-refractivity contribution < 1.29 is 4.42 Å². The van der Waals surface area contributed by atoms with E-state index in [9.17, 15) is 0 Å². The number of aromatic amines is 1. The minimum atomic E-state index is 0.528. The molecule has 1 aliphatic carbocycles. The predicted octanol–water partition coefficient (Wildman–Crippen LogP) is 2.74. The first-order valence-corrected chi connectivity index (χ1v) is 9.20. The standard InChI is InChI=1S/C18H28N6O/c1-3-13-6-4-7-14(12-13)21-18(19-2)20-10-9-16-22-17(24-23-16)15-8-5-11-25-15/h5,8,11,13-14H,3-4,6-7,9-10,12H2,1-2H3,(H2,19,20,21)(H,22,23,24). The maximum absolute atomic E-state index is 5.31. The molecule has 0 amide bonds. The summed E-state index contributed by atoms with van der Waals surface area (Å²) in [5, 5.41) is 14.1. The van der Waals surface area contributed by atoms with Gasteiger partial charge in [0, 0.05) is 26.1 Å². The maximum atomic E-state index is 5.31. The number of furan rings is 1. The number of rotatable bonds is 6. The topological polar surface area (TPSA) is 91.1 Å². The molecule has 3 N–H and O–H groups in total. The molecule has 136 valence electrons. The molecule has 1 aliphatic rings. The Bertz CT molecular complexity index is 663. The number of H-pyrrole nitrogens is 1. The summed E-state index contributed by atoms with van der Waals surface area (Å²) >= 11 is 0. The maximum Gasteiger partial charge on any atom is 0.216 e. The van der Waals surface area contributed by atoms with Gasteiger partial charge in [-0.1, -0.05) is 26.2 Å². The lowest BCUT2D eigenvalue weighted by molar-refractivity contribution is 0.298. The predicted molar refractivity (Wildman–Crippen MR) is 98.3 cm³/mol. The molecule has 2 aromatic rings. The lowest BCUT2D eigenvalue weighted by Gasteiger charge is -2.30. The van der Waals surface area contributed by atoms with Crippen LogP contribution in [0.15, 0.2) is 27.8 Å². The number of guanidine groups is 1. The third-order valence-corrected chi connectivity index (χ3v) is 4.85. The molecule has 0 spiro atoms. The Labute approximate surface area is 148 Å². The number of aliphatic imine (C=N–C) groups is 1. The van der Waals surface area contributed by atoms with Gasteiger partial charge in [-0.15, -0.1) is 0 Å². The first-order chi connectivity index (χ1) is 12.3. The van der Waals surface area contributed by atoms with Crippen LogP contribution in [0.3, 0.4) is 0 Å². The fraction of sp³-hybridized carbons (Fsp3) is 0.611. The molecule has 1 saturated carbocycles. The van der Waals surface area contributed by atoms with Crippen LogP contribution >= 0.6 is 0 Å². The van der Waals surface area contributed by atoms with Gasteiger partial charge in [-0.25, -0.2) is 4.98 Å². The van der Waals surface area contributed by atoms with Crippen LogP contribution in [0.25, 0.3) is 11.6 Å². The summed E-state index contributed by atoms with van der Waals surface area (Å²) in [4.78, 5) is 8.79. The molecule has 2 aromatic heterocycles. The van der Waals surface area contributed by atoms with Crippen molar-refractivity contribution in [2.24, 2.45) is 10.9 Å². The Kier molecular flexibility index (Phi) is 6.09. The number of nitrogens with one attached hydrogen (secondary N) is 3. The van der Waals surface area contributed by atoms with Gasteiger partial charge in [0.1, 0.15) is 5.82 Å². The van der Waals surface area contributed by atoms with Crippen LogP contribution in [0.5, 0.6) is 0 Å². The Morgan fingerprint density at radius 1 is 1.44 bits per heavy atom. The van der Waals surface area contributed by atoms with Crippen LogP contribution in [0, 0.1) is 5.92 Å². The summed E-state index contributed by atoms with van der Waals surface area (Å²) in [6, 6.07) is 4.21. The van der Waals surface area contributed by atoms with E-state index in [1.165, 1.54) is 32.1 Å². The van der Waals surface area contributed by atoms with Gasteiger partial charge >= 0.3 is 0 Å². The second-order valence-corrected chi connectivity index (χ2v) is 6.61. The smallest absolute Gasteiger partial charge is 0.216 e. The van der Waals surface area contributed by atoms with E-state index >= 15 is 0 Å². The Morgan fingerprint density at radius 3 is 3.12 bits per heavy atom. The minimum absolute atomic E-state index is 0.528. The minimum Gasteiger partial charge on any atom is -0.461 e. The highest BCUT2D eigenvalue weighted by atomic mass is 16.3. The van der Waals surface area contributed by atoms with Crippen molar-refractivity contribution in [3.63, 3.8) is 0 Å². The molecule has 0 radical (unpaired) electrons. The van der Waals surface area contributed by atoms with E-state index in [1.807, 2.05) is 19.2 Å². The van der Waals surface area contributed by atoms with Crippen LogP contribution in [0.1, 0.15) is 44.9 Å². The summed E-state index contributed by atoms with van der Waals surface area (Å²) in [5.41, 5.74) is 0. The van der Waals surface area contributed by atoms with Crippen molar-refractivity contribution in [1.82, 2.24) is 25.8 Å². The van der Waals surface area contributed by atoms with Crippen molar-refractivity contribution in [2.45, 2.75) is 51.5 Å². The van der Waals surface area contributed by atoms with Crippen LogP contribution in [-0.2, 0) is 6.42 Å². The molecule has 0 aliphatic heterocycles. The van der Waals surface area contributed by atoms with E-state index in [0.29, 0.717) is 17.6 Å². The van der Waals surface area contributed by atoms with E-state index < -0.39 is 0 Å². The summed E-state index contributed by atoms with van der Waals surface area (Å²) in [6.45, 7) is 3.03. The molecule has 7 heteroatoms. The molecule has 1 fully saturated rings. The van der Waals surface area contributed by atoms with Crippen molar-refractivity contribution >= 4 is 5.96 Å². The van der Waals surface area contributed by atoms with Gasteiger partial charge in [0.25, 0.3) is 0 Å². The van der Waals surface area contributed by atoms with Crippen LogP contribution < -0.4 is 10.6 Å². The van der Waals surface area contributed by atoms with Crippen molar-refractivity contribution in [1.29, 1.82) is 0 Å². The fourth-order valence-corrected chi connectivity index (χ4v) is 3.40. The van der Waals surface area contributed by atoms with Crippen molar-refractivity contribution in [3.8, 4) is 11.6 Å². The van der Waals surface area contributed by atoms with Gasteiger partial charge in [-0.2, -0.15) is 5.10 Å². The van der Waals surface area contributed by atoms with Crippen molar-refractivity contribution in [3.05, 3.63) is 24.2 Å². The second kappa shape index (κ2) is 8.69. The summed E-state index contributed by atoms with van der Waals surface area (Å²) < 4.78 is 5.31. The SMILES string of the molecule is CCC1CCCC(NC(=NC)NCCc2nc(-c3ccco3)n[nH]2)C1.